The van der Waals surface area contributed by atoms with Crippen molar-refractivity contribution in [2.75, 3.05) is 40.0 Å². The third kappa shape index (κ3) is 4.60. The van der Waals surface area contributed by atoms with E-state index < -0.39 is 0 Å². The molecule has 2 heterocycles. The average molecular weight is 360 g/mol. The van der Waals surface area contributed by atoms with Gasteiger partial charge in [-0.3, -0.25) is 9.69 Å². The van der Waals surface area contributed by atoms with Crippen LogP contribution in [0.5, 0.6) is 5.75 Å². The average Bonchev–Trinajstić information content (AvgIpc) is 3.10. The second-order valence-corrected chi connectivity index (χ2v) is 7.35. The van der Waals surface area contributed by atoms with Gasteiger partial charge in [0.05, 0.1) is 31.2 Å². The van der Waals surface area contributed by atoms with Crippen molar-refractivity contribution < 1.29 is 14.3 Å². The maximum Gasteiger partial charge on any atom is 0.261 e. The zero-order chi connectivity index (χ0) is 17.6. The Balaban J connectivity index is 1.72. The molecule has 5 nitrogen and oxygen atoms in total. The molecular weight excluding hydrogens is 336 g/mol. The fourth-order valence-electron chi connectivity index (χ4n) is 3.01. The first-order valence-electron chi connectivity index (χ1n) is 8.48. The lowest BCUT2D eigenvalue weighted by Crippen LogP contribution is -2.43. The highest BCUT2D eigenvalue weighted by Gasteiger charge is 2.23. The van der Waals surface area contributed by atoms with Gasteiger partial charge in [-0.25, -0.2) is 0 Å². The van der Waals surface area contributed by atoms with E-state index in [-0.39, 0.29) is 11.9 Å². The normalized spacial score (nSPS) is 16.4. The number of morpholine rings is 1. The molecule has 1 aliphatic heterocycles. The minimum atomic E-state index is -0.00938. The van der Waals surface area contributed by atoms with Crippen molar-refractivity contribution in [1.29, 1.82) is 0 Å². The predicted molar refractivity (Wildman–Crippen MR) is 99.5 cm³/mol. The van der Waals surface area contributed by atoms with Crippen molar-refractivity contribution in [2.24, 2.45) is 0 Å². The van der Waals surface area contributed by atoms with Crippen LogP contribution in [-0.2, 0) is 4.74 Å². The van der Waals surface area contributed by atoms with Gasteiger partial charge in [-0.2, -0.15) is 0 Å². The van der Waals surface area contributed by atoms with E-state index in [9.17, 15) is 4.79 Å². The molecule has 0 spiro atoms. The summed E-state index contributed by atoms with van der Waals surface area (Å²) in [6.07, 6.45) is 0. The minimum Gasteiger partial charge on any atom is -0.497 e. The number of methoxy groups -OCH3 is 1. The number of thiophene rings is 1. The van der Waals surface area contributed by atoms with E-state index in [0.717, 1.165) is 41.8 Å². The molecule has 2 aromatic rings. The van der Waals surface area contributed by atoms with Gasteiger partial charge in [-0.1, -0.05) is 12.1 Å². The maximum absolute atomic E-state index is 12.4. The Labute approximate surface area is 152 Å². The number of aryl methyl sites for hydroxylation is 1. The number of nitrogens with one attached hydrogen (secondary N) is 1. The van der Waals surface area contributed by atoms with Gasteiger partial charge in [0, 0.05) is 24.5 Å². The number of hydrogen-bond donors (Lipinski definition) is 1. The first kappa shape index (κ1) is 17.9. The molecule has 25 heavy (non-hydrogen) atoms. The van der Waals surface area contributed by atoms with Crippen molar-refractivity contribution >= 4 is 17.2 Å². The van der Waals surface area contributed by atoms with Crippen LogP contribution in [0.15, 0.2) is 36.4 Å². The summed E-state index contributed by atoms with van der Waals surface area (Å²) in [6.45, 7) is 5.77. The van der Waals surface area contributed by atoms with Crippen molar-refractivity contribution in [1.82, 2.24) is 10.2 Å². The molecule has 3 rings (SSSR count). The summed E-state index contributed by atoms with van der Waals surface area (Å²) < 4.78 is 10.7. The molecule has 1 fully saturated rings. The number of amides is 1. The van der Waals surface area contributed by atoms with Gasteiger partial charge in [-0.05, 0) is 36.8 Å². The monoisotopic (exact) mass is 360 g/mol. The van der Waals surface area contributed by atoms with Crippen LogP contribution < -0.4 is 10.1 Å². The maximum atomic E-state index is 12.4. The molecule has 1 unspecified atom stereocenters. The summed E-state index contributed by atoms with van der Waals surface area (Å²) in [6, 6.07) is 12.1. The first-order chi connectivity index (χ1) is 12.2. The molecular formula is C19H24N2O3S. The molecule has 134 valence electrons. The Morgan fingerprint density at radius 1 is 1.24 bits per heavy atom. The van der Waals surface area contributed by atoms with E-state index in [1.807, 2.05) is 31.2 Å². The molecule has 0 bridgehead atoms. The van der Waals surface area contributed by atoms with E-state index in [4.69, 9.17) is 9.47 Å². The molecule has 1 N–H and O–H groups in total. The number of rotatable bonds is 6. The minimum absolute atomic E-state index is 0.00938. The number of ether oxygens (including phenoxy) is 2. The Hall–Kier alpha value is -1.89. The van der Waals surface area contributed by atoms with Gasteiger partial charge < -0.3 is 14.8 Å². The van der Waals surface area contributed by atoms with Crippen molar-refractivity contribution in [3.63, 3.8) is 0 Å². The first-order valence-corrected chi connectivity index (χ1v) is 9.29. The van der Waals surface area contributed by atoms with Crippen LogP contribution in [0.4, 0.5) is 0 Å². The molecule has 1 aliphatic rings. The van der Waals surface area contributed by atoms with Crippen LogP contribution in [0.25, 0.3) is 0 Å². The molecule has 6 heteroatoms. The fraction of sp³-hybridized carbons (Fsp3) is 0.421. The lowest BCUT2D eigenvalue weighted by molar-refractivity contribution is 0.0162. The van der Waals surface area contributed by atoms with Gasteiger partial charge >= 0.3 is 0 Å². The third-order valence-corrected chi connectivity index (χ3v) is 5.41. The molecule has 1 aromatic carbocycles. The van der Waals surface area contributed by atoms with Crippen LogP contribution in [-0.4, -0.2) is 50.8 Å². The van der Waals surface area contributed by atoms with E-state index in [0.29, 0.717) is 6.54 Å². The summed E-state index contributed by atoms with van der Waals surface area (Å²) in [7, 11) is 1.66. The van der Waals surface area contributed by atoms with Crippen molar-refractivity contribution in [3.8, 4) is 5.75 Å². The molecule has 0 saturated carbocycles. The Bertz CT molecular complexity index is 693. The second-order valence-electron chi connectivity index (χ2n) is 6.06. The lowest BCUT2D eigenvalue weighted by Gasteiger charge is -2.35. The van der Waals surface area contributed by atoms with E-state index in [2.05, 4.69) is 22.3 Å². The zero-order valence-corrected chi connectivity index (χ0v) is 15.5. The van der Waals surface area contributed by atoms with E-state index in [1.165, 1.54) is 16.9 Å². The van der Waals surface area contributed by atoms with Crippen LogP contribution in [0.1, 0.15) is 26.2 Å². The van der Waals surface area contributed by atoms with Crippen molar-refractivity contribution in [2.45, 2.75) is 13.0 Å². The van der Waals surface area contributed by atoms with Crippen molar-refractivity contribution in [3.05, 3.63) is 51.7 Å². The molecule has 0 aliphatic carbocycles. The summed E-state index contributed by atoms with van der Waals surface area (Å²) in [4.78, 5) is 16.7. The lowest BCUT2D eigenvalue weighted by atomic mass is 10.0. The standard InChI is InChI=1S/C19H24N2O3S/c1-14-3-8-18(25-14)19(22)20-13-17(21-9-11-24-12-10-21)15-4-6-16(23-2)7-5-15/h3-8,17H,9-13H2,1-2H3,(H,20,22). The number of hydrogen-bond acceptors (Lipinski definition) is 5. The number of carbonyl (C=O) groups is 1. The van der Waals surface area contributed by atoms with Gasteiger partial charge in [0.2, 0.25) is 0 Å². The largest absolute Gasteiger partial charge is 0.497 e. The molecule has 1 aromatic heterocycles. The smallest absolute Gasteiger partial charge is 0.261 e. The quantitative estimate of drug-likeness (QED) is 0.861. The summed E-state index contributed by atoms with van der Waals surface area (Å²) in [5.41, 5.74) is 1.17. The Morgan fingerprint density at radius 3 is 2.56 bits per heavy atom. The van der Waals surface area contributed by atoms with Crippen LogP contribution in [0, 0.1) is 6.92 Å². The van der Waals surface area contributed by atoms with E-state index in [1.54, 1.807) is 7.11 Å². The highest BCUT2D eigenvalue weighted by Crippen LogP contribution is 2.24. The Kier molecular flexibility index (Phi) is 6.07. The molecule has 0 radical (unpaired) electrons. The van der Waals surface area contributed by atoms with Gasteiger partial charge in [0.25, 0.3) is 5.91 Å². The SMILES string of the molecule is COc1ccc(C(CNC(=O)c2ccc(C)s2)N2CCOCC2)cc1. The zero-order valence-electron chi connectivity index (χ0n) is 14.7. The highest BCUT2D eigenvalue weighted by atomic mass is 32.1. The second kappa shape index (κ2) is 8.47. The summed E-state index contributed by atoms with van der Waals surface area (Å²) >= 11 is 1.52. The van der Waals surface area contributed by atoms with Crippen LogP contribution in [0.2, 0.25) is 0 Å². The summed E-state index contributed by atoms with van der Waals surface area (Å²) in [5, 5.41) is 3.09. The van der Waals surface area contributed by atoms with Crippen LogP contribution >= 0.6 is 11.3 Å². The number of benzene rings is 1. The highest BCUT2D eigenvalue weighted by molar-refractivity contribution is 7.13. The molecule has 1 saturated heterocycles. The van der Waals surface area contributed by atoms with E-state index >= 15 is 0 Å². The van der Waals surface area contributed by atoms with Crippen LogP contribution in [0.3, 0.4) is 0 Å². The summed E-state index contributed by atoms with van der Waals surface area (Å²) in [5.74, 6) is 0.826. The van der Waals surface area contributed by atoms with Gasteiger partial charge in [0.15, 0.2) is 0 Å². The fourth-order valence-corrected chi connectivity index (χ4v) is 3.79. The molecule has 1 amide bonds. The topological polar surface area (TPSA) is 50.8 Å². The van der Waals surface area contributed by atoms with Gasteiger partial charge in [-0.15, -0.1) is 11.3 Å². The third-order valence-electron chi connectivity index (χ3n) is 4.41. The predicted octanol–water partition coefficient (Wildman–Crippen LogP) is 2.87. The van der Waals surface area contributed by atoms with Gasteiger partial charge in [0.1, 0.15) is 5.75 Å². The Morgan fingerprint density at radius 2 is 1.96 bits per heavy atom. The number of carbonyl (C=O) groups excluding carboxylic acids is 1. The number of nitrogens with zero attached hydrogens (tertiary/aromatic N) is 1. The molecule has 1 atom stereocenters.